The van der Waals surface area contributed by atoms with Gasteiger partial charge in [0.2, 0.25) is 5.91 Å². The maximum absolute atomic E-state index is 12.3. The first kappa shape index (κ1) is 19.5. The topological polar surface area (TPSA) is 67.9 Å². The summed E-state index contributed by atoms with van der Waals surface area (Å²) >= 11 is 0. The van der Waals surface area contributed by atoms with Crippen molar-refractivity contribution in [3.8, 4) is 5.75 Å². The van der Waals surface area contributed by atoms with E-state index < -0.39 is 5.60 Å². The van der Waals surface area contributed by atoms with Gasteiger partial charge in [-0.25, -0.2) is 4.79 Å². The number of carbonyl (C=O) groups is 2. The Morgan fingerprint density at radius 3 is 2.63 bits per heavy atom. The predicted molar refractivity (Wildman–Crippen MR) is 103 cm³/mol. The first-order valence-corrected chi connectivity index (χ1v) is 9.78. The number of para-hydroxylation sites is 1. The lowest BCUT2D eigenvalue weighted by Crippen LogP contribution is -2.42. The summed E-state index contributed by atoms with van der Waals surface area (Å²) in [5, 5.41) is 3.05. The molecule has 1 unspecified atom stereocenters. The minimum atomic E-state index is -0.476. The fourth-order valence-electron chi connectivity index (χ4n) is 3.62. The highest BCUT2D eigenvalue weighted by atomic mass is 16.6. The summed E-state index contributed by atoms with van der Waals surface area (Å²) in [7, 11) is 0. The molecule has 1 N–H and O–H groups in total. The van der Waals surface area contributed by atoms with Crippen molar-refractivity contribution >= 4 is 12.0 Å². The Balaban J connectivity index is 1.38. The lowest BCUT2D eigenvalue weighted by Gasteiger charge is -2.33. The highest BCUT2D eigenvalue weighted by Gasteiger charge is 2.28. The van der Waals surface area contributed by atoms with Gasteiger partial charge in [0.25, 0.3) is 0 Å². The fourth-order valence-corrected chi connectivity index (χ4v) is 3.62. The molecule has 1 atom stereocenters. The zero-order chi connectivity index (χ0) is 19.4. The minimum Gasteiger partial charge on any atom is -0.493 e. The molecule has 0 aromatic heterocycles. The van der Waals surface area contributed by atoms with E-state index >= 15 is 0 Å². The van der Waals surface area contributed by atoms with E-state index in [2.05, 4.69) is 11.4 Å². The van der Waals surface area contributed by atoms with E-state index in [9.17, 15) is 9.59 Å². The van der Waals surface area contributed by atoms with Crippen LogP contribution in [0.2, 0.25) is 0 Å². The molecule has 3 rings (SSSR count). The number of hydrogen-bond donors (Lipinski definition) is 1. The van der Waals surface area contributed by atoms with E-state index in [0.717, 1.165) is 18.6 Å². The van der Waals surface area contributed by atoms with Gasteiger partial charge < -0.3 is 19.7 Å². The first-order valence-electron chi connectivity index (χ1n) is 9.78. The number of nitrogens with one attached hydrogen (secondary N) is 1. The van der Waals surface area contributed by atoms with Crippen LogP contribution in [0.15, 0.2) is 24.3 Å². The molecule has 1 aromatic carbocycles. The Kier molecular flexibility index (Phi) is 5.92. The molecule has 27 heavy (non-hydrogen) atoms. The van der Waals surface area contributed by atoms with E-state index in [1.54, 1.807) is 4.90 Å². The summed E-state index contributed by atoms with van der Waals surface area (Å²) in [5.41, 5.74) is 0.694. The molecule has 2 amide bonds. The van der Waals surface area contributed by atoms with Gasteiger partial charge in [-0.05, 0) is 45.6 Å². The molecule has 148 valence electrons. The second-order valence-electron chi connectivity index (χ2n) is 8.46. The molecule has 0 aliphatic carbocycles. The Bertz CT molecular complexity index is 675. The summed E-state index contributed by atoms with van der Waals surface area (Å²) in [4.78, 5) is 26.2. The summed E-state index contributed by atoms with van der Waals surface area (Å²) in [6.07, 6.45) is 1.92. The average molecular weight is 374 g/mol. The molecule has 0 saturated carbocycles. The number of fused-ring (bicyclic) bond motifs is 1. The van der Waals surface area contributed by atoms with Gasteiger partial charge in [-0.2, -0.15) is 0 Å². The van der Waals surface area contributed by atoms with Gasteiger partial charge >= 0.3 is 6.09 Å². The molecule has 0 bridgehead atoms. The van der Waals surface area contributed by atoms with E-state index in [1.807, 2.05) is 39.0 Å². The quantitative estimate of drug-likeness (QED) is 0.878. The third-order valence-electron chi connectivity index (χ3n) is 5.08. The molecule has 2 heterocycles. The van der Waals surface area contributed by atoms with E-state index in [4.69, 9.17) is 9.47 Å². The SMILES string of the molecule is CC(C)(C)OC(=O)N1CCC(CC(=O)NCC2COc3ccccc32)CC1. The van der Waals surface area contributed by atoms with Gasteiger partial charge in [0.05, 0.1) is 6.61 Å². The maximum Gasteiger partial charge on any atom is 0.410 e. The van der Waals surface area contributed by atoms with Crippen molar-refractivity contribution < 1.29 is 19.1 Å². The van der Waals surface area contributed by atoms with Crippen LogP contribution in [0.4, 0.5) is 4.79 Å². The van der Waals surface area contributed by atoms with Crippen molar-refractivity contribution in [2.45, 2.75) is 51.6 Å². The van der Waals surface area contributed by atoms with Crippen molar-refractivity contribution in [1.82, 2.24) is 10.2 Å². The summed E-state index contributed by atoms with van der Waals surface area (Å²) in [6, 6.07) is 7.99. The van der Waals surface area contributed by atoms with Gasteiger partial charge in [-0.3, -0.25) is 4.79 Å². The Morgan fingerprint density at radius 1 is 1.22 bits per heavy atom. The molecular formula is C21H30N2O4. The highest BCUT2D eigenvalue weighted by Crippen LogP contribution is 2.33. The lowest BCUT2D eigenvalue weighted by molar-refractivity contribution is -0.122. The van der Waals surface area contributed by atoms with Crippen LogP contribution in [0.1, 0.15) is 51.5 Å². The Labute approximate surface area is 161 Å². The van der Waals surface area contributed by atoms with Crippen LogP contribution < -0.4 is 10.1 Å². The molecule has 1 saturated heterocycles. The van der Waals surface area contributed by atoms with Crippen molar-refractivity contribution in [1.29, 1.82) is 0 Å². The van der Waals surface area contributed by atoms with Crippen LogP contribution in [0.3, 0.4) is 0 Å². The summed E-state index contributed by atoms with van der Waals surface area (Å²) in [6.45, 7) is 8.13. The maximum atomic E-state index is 12.3. The van der Waals surface area contributed by atoms with Crippen LogP contribution in [0.25, 0.3) is 0 Å². The Morgan fingerprint density at radius 2 is 1.93 bits per heavy atom. The minimum absolute atomic E-state index is 0.0788. The number of carbonyl (C=O) groups excluding carboxylic acids is 2. The molecule has 6 nitrogen and oxygen atoms in total. The molecule has 1 fully saturated rings. The van der Waals surface area contributed by atoms with Crippen LogP contribution in [0.5, 0.6) is 5.75 Å². The normalized spacial score (nSPS) is 20.0. The standard InChI is InChI=1S/C21H30N2O4/c1-21(2,3)27-20(25)23-10-8-15(9-11-23)12-19(24)22-13-16-14-26-18-7-5-4-6-17(16)18/h4-7,15-16H,8-14H2,1-3H3,(H,22,24). The molecule has 6 heteroatoms. The predicted octanol–water partition coefficient (Wildman–Crippen LogP) is 3.32. The first-order chi connectivity index (χ1) is 12.8. The smallest absolute Gasteiger partial charge is 0.410 e. The number of amides is 2. The summed E-state index contributed by atoms with van der Waals surface area (Å²) in [5.74, 6) is 1.54. The monoisotopic (exact) mass is 374 g/mol. The molecule has 0 radical (unpaired) electrons. The van der Waals surface area contributed by atoms with Gasteiger partial charge in [-0.1, -0.05) is 18.2 Å². The number of nitrogens with zero attached hydrogens (tertiary/aromatic N) is 1. The van der Waals surface area contributed by atoms with Gasteiger partial charge in [0.15, 0.2) is 0 Å². The number of likely N-dealkylation sites (tertiary alicyclic amines) is 1. The van der Waals surface area contributed by atoms with E-state index in [0.29, 0.717) is 38.6 Å². The van der Waals surface area contributed by atoms with Gasteiger partial charge in [-0.15, -0.1) is 0 Å². The zero-order valence-electron chi connectivity index (χ0n) is 16.5. The average Bonchev–Trinajstić information content (AvgIpc) is 3.02. The lowest BCUT2D eigenvalue weighted by atomic mass is 9.93. The number of ether oxygens (including phenoxy) is 2. The largest absolute Gasteiger partial charge is 0.493 e. The van der Waals surface area contributed by atoms with Gasteiger partial charge in [0, 0.05) is 37.5 Å². The Hall–Kier alpha value is -2.24. The third kappa shape index (κ3) is 5.37. The van der Waals surface area contributed by atoms with Crippen LogP contribution in [0, 0.1) is 5.92 Å². The molecule has 2 aliphatic rings. The molecule has 0 spiro atoms. The number of piperidine rings is 1. The van der Waals surface area contributed by atoms with Crippen LogP contribution in [-0.2, 0) is 9.53 Å². The molecule has 1 aromatic rings. The highest BCUT2D eigenvalue weighted by molar-refractivity contribution is 5.76. The van der Waals surface area contributed by atoms with Crippen LogP contribution in [-0.4, -0.2) is 48.7 Å². The molecular weight excluding hydrogens is 344 g/mol. The third-order valence-corrected chi connectivity index (χ3v) is 5.08. The van der Waals surface area contributed by atoms with Crippen molar-refractivity contribution in [2.75, 3.05) is 26.2 Å². The van der Waals surface area contributed by atoms with Gasteiger partial charge in [0.1, 0.15) is 11.4 Å². The second kappa shape index (κ2) is 8.19. The van der Waals surface area contributed by atoms with E-state index in [-0.39, 0.29) is 17.9 Å². The van der Waals surface area contributed by atoms with Crippen molar-refractivity contribution in [3.63, 3.8) is 0 Å². The zero-order valence-corrected chi connectivity index (χ0v) is 16.5. The van der Waals surface area contributed by atoms with Crippen molar-refractivity contribution in [3.05, 3.63) is 29.8 Å². The summed E-state index contributed by atoms with van der Waals surface area (Å²) < 4.78 is 11.1. The number of rotatable bonds is 4. The number of benzene rings is 1. The molecule has 2 aliphatic heterocycles. The van der Waals surface area contributed by atoms with E-state index in [1.165, 1.54) is 5.56 Å². The van der Waals surface area contributed by atoms with Crippen LogP contribution >= 0.6 is 0 Å². The second-order valence-corrected chi connectivity index (χ2v) is 8.46. The van der Waals surface area contributed by atoms with Crippen molar-refractivity contribution in [2.24, 2.45) is 5.92 Å². The number of hydrogen-bond acceptors (Lipinski definition) is 4. The fraction of sp³-hybridized carbons (Fsp3) is 0.619.